The standard InChI is InChI=1S/C21H23F3N2O3/c1-25(19-5-3-2-4-18(19)21(22,23)24)16-10-11-26(12-16)20(28)14-29-17-8-6-15(13-27)7-9-17/h2-9,16,27H,10-14H2,1H3/t16-/m0/s1. The van der Waals surface area contributed by atoms with Crippen molar-refractivity contribution in [1.29, 1.82) is 0 Å². The summed E-state index contributed by atoms with van der Waals surface area (Å²) in [5.74, 6) is 0.304. The fourth-order valence-electron chi connectivity index (χ4n) is 3.43. The number of rotatable bonds is 6. The van der Waals surface area contributed by atoms with Crippen molar-refractivity contribution in [2.24, 2.45) is 0 Å². The summed E-state index contributed by atoms with van der Waals surface area (Å²) in [4.78, 5) is 15.6. The fraction of sp³-hybridized carbons (Fsp3) is 0.381. The second-order valence-corrected chi connectivity index (χ2v) is 7.00. The number of amides is 1. The van der Waals surface area contributed by atoms with Crippen LogP contribution in [0.1, 0.15) is 17.5 Å². The number of likely N-dealkylation sites (N-methyl/N-ethyl adjacent to an activating group) is 1. The zero-order valence-electron chi connectivity index (χ0n) is 16.0. The highest BCUT2D eigenvalue weighted by Crippen LogP contribution is 2.37. The topological polar surface area (TPSA) is 53.0 Å². The van der Waals surface area contributed by atoms with Crippen molar-refractivity contribution >= 4 is 11.6 Å². The molecular formula is C21H23F3N2O3. The first-order valence-electron chi connectivity index (χ1n) is 9.29. The van der Waals surface area contributed by atoms with Gasteiger partial charge in [0.15, 0.2) is 6.61 Å². The predicted molar refractivity (Wildman–Crippen MR) is 103 cm³/mol. The van der Waals surface area contributed by atoms with Gasteiger partial charge in [0.25, 0.3) is 5.91 Å². The van der Waals surface area contributed by atoms with Crippen LogP contribution in [0.2, 0.25) is 0 Å². The Morgan fingerprint density at radius 3 is 2.55 bits per heavy atom. The van der Waals surface area contributed by atoms with Crippen LogP contribution in [0.3, 0.4) is 0 Å². The van der Waals surface area contributed by atoms with Crippen molar-refractivity contribution < 1.29 is 27.8 Å². The predicted octanol–water partition coefficient (Wildman–Crippen LogP) is 3.31. The fourth-order valence-corrected chi connectivity index (χ4v) is 3.43. The van der Waals surface area contributed by atoms with Gasteiger partial charge >= 0.3 is 6.18 Å². The molecule has 3 rings (SSSR count). The van der Waals surface area contributed by atoms with Crippen molar-refractivity contribution in [1.82, 2.24) is 4.90 Å². The van der Waals surface area contributed by atoms with Crippen molar-refractivity contribution in [2.75, 3.05) is 31.6 Å². The van der Waals surface area contributed by atoms with E-state index < -0.39 is 11.7 Å². The number of aliphatic hydroxyl groups excluding tert-OH is 1. The van der Waals surface area contributed by atoms with E-state index in [4.69, 9.17) is 9.84 Å². The molecule has 1 aliphatic rings. The summed E-state index contributed by atoms with van der Waals surface area (Å²) in [6.45, 7) is 0.594. The molecule has 5 nitrogen and oxygen atoms in total. The molecule has 1 fully saturated rings. The van der Waals surface area contributed by atoms with Crippen molar-refractivity contribution in [3.63, 3.8) is 0 Å². The van der Waals surface area contributed by atoms with Gasteiger partial charge in [0.2, 0.25) is 0 Å². The van der Waals surface area contributed by atoms with Crippen molar-refractivity contribution in [3.8, 4) is 5.75 Å². The van der Waals surface area contributed by atoms with Gasteiger partial charge in [-0.1, -0.05) is 24.3 Å². The average Bonchev–Trinajstić information content (AvgIpc) is 3.21. The van der Waals surface area contributed by atoms with E-state index in [1.165, 1.54) is 12.1 Å². The van der Waals surface area contributed by atoms with Gasteiger partial charge in [-0.3, -0.25) is 4.79 Å². The molecule has 156 valence electrons. The van der Waals surface area contributed by atoms with Crippen molar-refractivity contribution in [2.45, 2.75) is 25.2 Å². The van der Waals surface area contributed by atoms with Crippen molar-refractivity contribution in [3.05, 3.63) is 59.7 Å². The van der Waals surface area contributed by atoms with Crippen LogP contribution in [0.25, 0.3) is 0 Å². The SMILES string of the molecule is CN(c1ccccc1C(F)(F)F)[C@H]1CCN(C(=O)COc2ccc(CO)cc2)C1. The number of hydrogen-bond acceptors (Lipinski definition) is 4. The zero-order valence-corrected chi connectivity index (χ0v) is 16.0. The van der Waals surface area contributed by atoms with E-state index >= 15 is 0 Å². The van der Waals surface area contributed by atoms with E-state index in [0.29, 0.717) is 25.3 Å². The third-order valence-electron chi connectivity index (χ3n) is 5.12. The lowest BCUT2D eigenvalue weighted by atomic mass is 10.1. The minimum atomic E-state index is -4.43. The van der Waals surface area contributed by atoms with Crippen LogP contribution in [0, 0.1) is 0 Å². The number of carbonyl (C=O) groups excluding carboxylic acids is 1. The molecule has 0 saturated carbocycles. The second-order valence-electron chi connectivity index (χ2n) is 7.00. The molecule has 0 unspecified atom stereocenters. The van der Waals surface area contributed by atoms with Crippen LogP contribution in [-0.2, 0) is 17.6 Å². The molecule has 0 aromatic heterocycles. The average molecular weight is 408 g/mol. The van der Waals surface area contributed by atoms with E-state index in [0.717, 1.165) is 11.6 Å². The highest BCUT2D eigenvalue weighted by atomic mass is 19.4. The van der Waals surface area contributed by atoms with Crippen LogP contribution >= 0.6 is 0 Å². The molecule has 1 aliphatic heterocycles. The maximum absolute atomic E-state index is 13.3. The quantitative estimate of drug-likeness (QED) is 0.797. The molecule has 1 amide bonds. The molecular weight excluding hydrogens is 385 g/mol. The molecule has 1 atom stereocenters. The first kappa shape index (κ1) is 21.0. The molecule has 8 heteroatoms. The highest BCUT2D eigenvalue weighted by Gasteiger charge is 2.36. The lowest BCUT2D eigenvalue weighted by molar-refractivity contribution is -0.137. The number of nitrogens with zero attached hydrogens (tertiary/aromatic N) is 2. The number of aliphatic hydroxyl groups is 1. The largest absolute Gasteiger partial charge is 0.484 e. The van der Waals surface area contributed by atoms with Gasteiger partial charge < -0.3 is 19.6 Å². The Labute approximate surface area is 167 Å². The highest BCUT2D eigenvalue weighted by molar-refractivity contribution is 5.78. The van der Waals surface area contributed by atoms with E-state index in [2.05, 4.69) is 0 Å². The lowest BCUT2D eigenvalue weighted by Gasteiger charge is -2.29. The number of para-hydroxylation sites is 1. The third-order valence-corrected chi connectivity index (χ3v) is 5.12. The normalized spacial score (nSPS) is 16.7. The maximum Gasteiger partial charge on any atom is 0.418 e. The van der Waals surface area contributed by atoms with Gasteiger partial charge in [-0.2, -0.15) is 13.2 Å². The summed E-state index contributed by atoms with van der Waals surface area (Å²) in [5, 5.41) is 9.04. The van der Waals surface area contributed by atoms with Gasteiger partial charge in [0, 0.05) is 31.9 Å². The molecule has 2 aromatic carbocycles. The number of benzene rings is 2. The molecule has 1 heterocycles. The number of hydrogen-bond donors (Lipinski definition) is 1. The Kier molecular flexibility index (Phi) is 6.32. The van der Waals surface area contributed by atoms with E-state index in [9.17, 15) is 18.0 Å². The Hall–Kier alpha value is -2.74. The van der Waals surface area contributed by atoms with Gasteiger partial charge in [0.1, 0.15) is 5.75 Å². The minimum Gasteiger partial charge on any atom is -0.484 e. The number of anilines is 1. The van der Waals surface area contributed by atoms with Gasteiger partial charge in [-0.05, 0) is 36.2 Å². The first-order chi connectivity index (χ1) is 13.8. The van der Waals surface area contributed by atoms with E-state index in [-0.39, 0.29) is 30.9 Å². The zero-order chi connectivity index (χ0) is 21.0. The molecule has 2 aromatic rings. The van der Waals surface area contributed by atoms with Crippen LogP contribution in [0.15, 0.2) is 48.5 Å². The van der Waals surface area contributed by atoms with Crippen LogP contribution in [0.5, 0.6) is 5.75 Å². The van der Waals surface area contributed by atoms with Gasteiger partial charge in [-0.25, -0.2) is 0 Å². The Morgan fingerprint density at radius 1 is 1.21 bits per heavy atom. The Bertz CT molecular complexity index is 840. The third kappa shape index (κ3) is 5.00. The summed E-state index contributed by atoms with van der Waals surface area (Å²) in [6, 6.07) is 12.0. The summed E-state index contributed by atoms with van der Waals surface area (Å²) in [7, 11) is 1.63. The minimum absolute atomic E-state index is 0.0701. The number of carbonyl (C=O) groups is 1. The summed E-state index contributed by atoms with van der Waals surface area (Å²) < 4.78 is 45.4. The smallest absolute Gasteiger partial charge is 0.418 e. The molecule has 0 radical (unpaired) electrons. The van der Waals surface area contributed by atoms with Crippen LogP contribution < -0.4 is 9.64 Å². The number of alkyl halides is 3. The molecule has 1 N–H and O–H groups in total. The number of ether oxygens (including phenoxy) is 1. The molecule has 29 heavy (non-hydrogen) atoms. The summed E-state index contributed by atoms with van der Waals surface area (Å²) >= 11 is 0. The number of likely N-dealkylation sites (tertiary alicyclic amines) is 1. The van der Waals surface area contributed by atoms with E-state index in [1.807, 2.05) is 0 Å². The number of halogens is 3. The monoisotopic (exact) mass is 408 g/mol. The van der Waals surface area contributed by atoms with Gasteiger partial charge in [-0.15, -0.1) is 0 Å². The molecule has 0 bridgehead atoms. The Morgan fingerprint density at radius 2 is 1.90 bits per heavy atom. The van der Waals surface area contributed by atoms with E-state index in [1.54, 1.807) is 47.2 Å². The summed E-state index contributed by atoms with van der Waals surface area (Å²) in [6.07, 6.45) is -3.85. The molecule has 0 spiro atoms. The Balaban J connectivity index is 1.58. The molecule has 0 aliphatic carbocycles. The van der Waals surface area contributed by atoms with Gasteiger partial charge in [0.05, 0.1) is 12.2 Å². The molecule has 1 saturated heterocycles. The summed E-state index contributed by atoms with van der Waals surface area (Å²) in [5.41, 5.74) is 0.176. The first-order valence-corrected chi connectivity index (χ1v) is 9.29. The maximum atomic E-state index is 13.3. The van der Waals surface area contributed by atoms with Crippen LogP contribution in [0.4, 0.5) is 18.9 Å². The van der Waals surface area contributed by atoms with Crippen LogP contribution in [-0.4, -0.2) is 48.7 Å². The lowest BCUT2D eigenvalue weighted by Crippen LogP contribution is -2.38. The second kappa shape index (κ2) is 8.73.